The zero-order valence-electron chi connectivity index (χ0n) is 5.94. The van der Waals surface area contributed by atoms with E-state index < -0.39 is 0 Å². The second-order valence-electron chi connectivity index (χ2n) is 2.28. The molecule has 0 spiro atoms. The molecule has 0 amide bonds. The minimum atomic E-state index is -0.0961. The van der Waals surface area contributed by atoms with Crippen LogP contribution in [0.5, 0.6) is 0 Å². The van der Waals surface area contributed by atoms with Crippen molar-refractivity contribution >= 4 is 34.8 Å². The summed E-state index contributed by atoms with van der Waals surface area (Å²) >= 11 is 17.4. The maximum Gasteiger partial charge on any atom is 0.0572 e. The maximum atomic E-state index is 5.85. The molecule has 60 valence electrons. The van der Waals surface area contributed by atoms with Gasteiger partial charge in [-0.1, -0.05) is 23.2 Å². The summed E-state index contributed by atoms with van der Waals surface area (Å²) in [4.78, 5) is 0. The molecule has 1 rings (SSSR count). The molecule has 1 unspecified atom stereocenters. The van der Waals surface area contributed by atoms with E-state index in [4.69, 9.17) is 34.8 Å². The predicted octanol–water partition coefficient (Wildman–Crippen LogP) is 4.29. The van der Waals surface area contributed by atoms with E-state index in [1.807, 2.05) is 6.92 Å². The van der Waals surface area contributed by atoms with Crippen molar-refractivity contribution < 1.29 is 0 Å². The zero-order valence-corrected chi connectivity index (χ0v) is 8.21. The highest BCUT2D eigenvalue weighted by atomic mass is 35.5. The van der Waals surface area contributed by atoms with Gasteiger partial charge in [0.15, 0.2) is 0 Å². The third kappa shape index (κ3) is 2.26. The molecule has 0 N–H and O–H groups in total. The highest BCUT2D eigenvalue weighted by Crippen LogP contribution is 2.29. The van der Waals surface area contributed by atoms with Crippen molar-refractivity contribution in [3.8, 4) is 0 Å². The van der Waals surface area contributed by atoms with Gasteiger partial charge in [0.05, 0.1) is 5.38 Å². The molecule has 0 aliphatic heterocycles. The van der Waals surface area contributed by atoms with Crippen LogP contribution in [0.4, 0.5) is 0 Å². The van der Waals surface area contributed by atoms with Crippen molar-refractivity contribution in [3.63, 3.8) is 0 Å². The van der Waals surface area contributed by atoms with Gasteiger partial charge in [-0.15, -0.1) is 11.6 Å². The molecule has 0 aromatic heterocycles. The van der Waals surface area contributed by atoms with Crippen LogP contribution in [-0.2, 0) is 0 Å². The Bertz CT molecular complexity index is 256. The third-order valence-corrected chi connectivity index (χ3v) is 2.20. The monoisotopic (exact) mass is 208 g/mol. The lowest BCUT2D eigenvalue weighted by molar-refractivity contribution is 1.08. The molecule has 11 heavy (non-hydrogen) atoms. The summed E-state index contributed by atoms with van der Waals surface area (Å²) in [5.41, 5.74) is 0.876. The van der Waals surface area contributed by atoms with E-state index in [-0.39, 0.29) is 5.38 Å². The number of hydrogen-bond donors (Lipinski definition) is 0. The second-order valence-corrected chi connectivity index (χ2v) is 3.78. The molecule has 1 atom stereocenters. The minimum absolute atomic E-state index is 0.0961. The van der Waals surface area contributed by atoms with E-state index in [0.29, 0.717) is 10.0 Å². The van der Waals surface area contributed by atoms with Gasteiger partial charge >= 0.3 is 0 Å². The van der Waals surface area contributed by atoms with Gasteiger partial charge in [-0.05, 0) is 30.7 Å². The molecule has 0 fully saturated rings. The maximum absolute atomic E-state index is 5.85. The van der Waals surface area contributed by atoms with E-state index in [1.165, 1.54) is 0 Å². The number of hydrogen-bond acceptors (Lipinski definition) is 0. The Morgan fingerprint density at radius 1 is 1.27 bits per heavy atom. The minimum Gasteiger partial charge on any atom is -0.118 e. The van der Waals surface area contributed by atoms with Gasteiger partial charge in [0.2, 0.25) is 0 Å². The van der Waals surface area contributed by atoms with Crippen LogP contribution in [0.3, 0.4) is 0 Å². The Balaban J connectivity index is 3.13. The van der Waals surface area contributed by atoms with Crippen LogP contribution in [0.25, 0.3) is 0 Å². The highest BCUT2D eigenvalue weighted by Gasteiger charge is 2.06. The van der Waals surface area contributed by atoms with E-state index in [1.54, 1.807) is 18.2 Å². The Kier molecular flexibility index (Phi) is 3.06. The average Bonchev–Trinajstić information content (AvgIpc) is 1.94. The number of benzene rings is 1. The van der Waals surface area contributed by atoms with Crippen molar-refractivity contribution in [1.82, 2.24) is 0 Å². The molecule has 1 aromatic rings. The fraction of sp³-hybridized carbons (Fsp3) is 0.250. The smallest absolute Gasteiger partial charge is 0.0572 e. The van der Waals surface area contributed by atoms with Crippen LogP contribution in [0, 0.1) is 0 Å². The van der Waals surface area contributed by atoms with Crippen molar-refractivity contribution in [1.29, 1.82) is 0 Å². The first-order valence-electron chi connectivity index (χ1n) is 3.20. The molecular formula is C8H7Cl3. The largest absolute Gasteiger partial charge is 0.118 e. The molecule has 1 aromatic carbocycles. The molecular weight excluding hydrogens is 202 g/mol. The molecule has 0 aliphatic carbocycles. The second kappa shape index (κ2) is 3.66. The normalized spacial score (nSPS) is 13.1. The third-order valence-electron chi connectivity index (χ3n) is 1.39. The van der Waals surface area contributed by atoms with Gasteiger partial charge in [0.25, 0.3) is 0 Å². The lowest BCUT2D eigenvalue weighted by atomic mass is 10.2. The zero-order chi connectivity index (χ0) is 8.43. The summed E-state index contributed by atoms with van der Waals surface area (Å²) in [7, 11) is 0. The summed E-state index contributed by atoms with van der Waals surface area (Å²) in [5, 5.41) is 1.23. The van der Waals surface area contributed by atoms with Gasteiger partial charge in [-0.25, -0.2) is 0 Å². The molecule has 0 radical (unpaired) electrons. The quantitative estimate of drug-likeness (QED) is 0.605. The van der Waals surface area contributed by atoms with Crippen molar-refractivity contribution in [3.05, 3.63) is 33.8 Å². The highest BCUT2D eigenvalue weighted by molar-refractivity contribution is 6.34. The fourth-order valence-corrected chi connectivity index (χ4v) is 1.52. The van der Waals surface area contributed by atoms with Gasteiger partial charge in [-0.2, -0.15) is 0 Å². The number of rotatable bonds is 1. The van der Waals surface area contributed by atoms with Crippen LogP contribution >= 0.6 is 34.8 Å². The molecule has 0 heterocycles. The van der Waals surface area contributed by atoms with E-state index in [2.05, 4.69) is 0 Å². The van der Waals surface area contributed by atoms with E-state index in [0.717, 1.165) is 5.56 Å². The number of alkyl halides is 1. The molecule has 0 saturated carbocycles. The van der Waals surface area contributed by atoms with Crippen LogP contribution in [0.15, 0.2) is 18.2 Å². The Morgan fingerprint density at radius 3 is 2.36 bits per heavy atom. The summed E-state index contributed by atoms with van der Waals surface area (Å²) in [5.74, 6) is 0. The molecule has 0 bridgehead atoms. The van der Waals surface area contributed by atoms with Gasteiger partial charge in [-0.3, -0.25) is 0 Å². The van der Waals surface area contributed by atoms with Crippen LogP contribution in [0.2, 0.25) is 10.0 Å². The van der Waals surface area contributed by atoms with Crippen molar-refractivity contribution in [2.75, 3.05) is 0 Å². The standard InChI is InChI=1S/C8H7Cl3/c1-5(9)7-4-6(10)2-3-8(7)11/h2-5H,1H3. The fourth-order valence-electron chi connectivity index (χ4n) is 0.819. The lowest BCUT2D eigenvalue weighted by Gasteiger charge is -2.05. The van der Waals surface area contributed by atoms with Crippen LogP contribution < -0.4 is 0 Å². The van der Waals surface area contributed by atoms with Crippen molar-refractivity contribution in [2.45, 2.75) is 12.3 Å². The molecule has 0 saturated heterocycles. The summed E-state index contributed by atoms with van der Waals surface area (Å²) in [6.45, 7) is 1.86. The first-order valence-corrected chi connectivity index (χ1v) is 4.39. The molecule has 0 nitrogen and oxygen atoms in total. The number of halogens is 3. The SMILES string of the molecule is CC(Cl)c1cc(Cl)ccc1Cl. The average molecular weight is 210 g/mol. The van der Waals surface area contributed by atoms with E-state index in [9.17, 15) is 0 Å². The summed E-state index contributed by atoms with van der Waals surface area (Å²) in [6, 6.07) is 5.27. The van der Waals surface area contributed by atoms with Crippen LogP contribution in [0.1, 0.15) is 17.9 Å². The Hall–Kier alpha value is 0.0900. The topological polar surface area (TPSA) is 0 Å². The van der Waals surface area contributed by atoms with Crippen LogP contribution in [-0.4, -0.2) is 0 Å². The van der Waals surface area contributed by atoms with Gasteiger partial charge in [0.1, 0.15) is 0 Å². The van der Waals surface area contributed by atoms with Gasteiger partial charge in [0, 0.05) is 10.0 Å². The summed E-state index contributed by atoms with van der Waals surface area (Å²) in [6.07, 6.45) is 0. The molecule has 3 heteroatoms. The summed E-state index contributed by atoms with van der Waals surface area (Å²) < 4.78 is 0. The van der Waals surface area contributed by atoms with Crippen molar-refractivity contribution in [2.24, 2.45) is 0 Å². The first-order chi connectivity index (χ1) is 5.11. The Morgan fingerprint density at radius 2 is 1.91 bits per heavy atom. The first kappa shape index (κ1) is 9.18. The lowest BCUT2D eigenvalue weighted by Crippen LogP contribution is -1.84. The Labute approximate surface area is 81.1 Å². The van der Waals surface area contributed by atoms with Gasteiger partial charge < -0.3 is 0 Å². The molecule has 0 aliphatic rings. The predicted molar refractivity (Wildman–Crippen MR) is 50.7 cm³/mol. The van der Waals surface area contributed by atoms with E-state index >= 15 is 0 Å².